The molecule has 3 nitrogen and oxygen atoms in total. The van der Waals surface area contributed by atoms with Gasteiger partial charge in [0.15, 0.2) is 0 Å². The van der Waals surface area contributed by atoms with Crippen molar-refractivity contribution in [3.8, 4) is 0 Å². The molecule has 146 valence electrons. The van der Waals surface area contributed by atoms with E-state index < -0.39 is 0 Å². The number of hydrogen-bond acceptors (Lipinski definition) is 3. The lowest BCUT2D eigenvalue weighted by molar-refractivity contribution is -0.147. The Labute approximate surface area is 163 Å². The summed E-state index contributed by atoms with van der Waals surface area (Å²) < 4.78 is 5.13. The van der Waals surface area contributed by atoms with Crippen molar-refractivity contribution in [3.05, 3.63) is 54.1 Å². The minimum absolute atomic E-state index is 0.0516. The smallest absolute Gasteiger partial charge is 0.306 e. The van der Waals surface area contributed by atoms with Gasteiger partial charge in [0.25, 0.3) is 0 Å². The van der Waals surface area contributed by atoms with E-state index in [1.165, 1.54) is 5.56 Å². The fourth-order valence-corrected chi connectivity index (χ4v) is 3.66. The van der Waals surface area contributed by atoms with E-state index in [1.807, 2.05) is 32.0 Å². The van der Waals surface area contributed by atoms with Crippen molar-refractivity contribution >= 4 is 17.8 Å². The normalized spacial score (nSPS) is 23.0. The zero-order valence-corrected chi connectivity index (χ0v) is 16.8. The van der Waals surface area contributed by atoms with E-state index in [9.17, 15) is 9.59 Å². The van der Waals surface area contributed by atoms with Gasteiger partial charge in [0.1, 0.15) is 5.78 Å². The van der Waals surface area contributed by atoms with Gasteiger partial charge in [-0.15, -0.1) is 0 Å². The molecule has 0 radical (unpaired) electrons. The van der Waals surface area contributed by atoms with E-state index in [0.717, 1.165) is 19.3 Å². The maximum absolute atomic E-state index is 12.4. The lowest BCUT2D eigenvalue weighted by Gasteiger charge is -2.16. The number of ketones is 1. The van der Waals surface area contributed by atoms with Gasteiger partial charge in [0.2, 0.25) is 0 Å². The van der Waals surface area contributed by atoms with Gasteiger partial charge >= 0.3 is 5.97 Å². The fraction of sp³-hybridized carbons (Fsp3) is 0.500. The van der Waals surface area contributed by atoms with Crippen molar-refractivity contribution in [3.63, 3.8) is 0 Å². The lowest BCUT2D eigenvalue weighted by atomic mass is 9.87. The van der Waals surface area contributed by atoms with Crippen LogP contribution in [0.5, 0.6) is 0 Å². The minimum atomic E-state index is -0.135. The first-order valence-corrected chi connectivity index (χ1v) is 10.1. The van der Waals surface area contributed by atoms with Crippen LogP contribution in [0.1, 0.15) is 58.4 Å². The molecule has 27 heavy (non-hydrogen) atoms. The number of esters is 1. The van der Waals surface area contributed by atoms with Crippen LogP contribution in [0.4, 0.5) is 0 Å². The number of carbonyl (C=O) groups is 2. The van der Waals surface area contributed by atoms with Crippen molar-refractivity contribution in [2.24, 2.45) is 17.8 Å². The minimum Gasteiger partial charge on any atom is -0.463 e. The number of rotatable bonds is 9. The Morgan fingerprint density at radius 3 is 2.67 bits per heavy atom. The van der Waals surface area contributed by atoms with Crippen molar-refractivity contribution in [1.29, 1.82) is 0 Å². The monoisotopic (exact) mass is 368 g/mol. The van der Waals surface area contributed by atoms with Gasteiger partial charge in [0, 0.05) is 18.8 Å². The molecular weight excluding hydrogens is 336 g/mol. The van der Waals surface area contributed by atoms with E-state index in [-0.39, 0.29) is 18.0 Å². The van der Waals surface area contributed by atoms with Crippen LogP contribution in [0.25, 0.3) is 6.08 Å². The summed E-state index contributed by atoms with van der Waals surface area (Å²) in [6.07, 6.45) is 12.0. The van der Waals surface area contributed by atoms with Crippen LogP contribution in [-0.2, 0) is 14.3 Å². The maximum atomic E-state index is 12.4. The number of unbranched alkanes of at least 4 members (excludes halogenated alkanes) is 1. The van der Waals surface area contributed by atoms with E-state index in [4.69, 9.17) is 4.74 Å². The van der Waals surface area contributed by atoms with Gasteiger partial charge in [-0.3, -0.25) is 9.59 Å². The Morgan fingerprint density at radius 2 is 1.96 bits per heavy atom. The molecule has 1 aliphatic rings. The number of ether oxygens (including phenoxy) is 1. The van der Waals surface area contributed by atoms with Gasteiger partial charge < -0.3 is 4.74 Å². The highest BCUT2D eigenvalue weighted by molar-refractivity contribution is 5.84. The summed E-state index contributed by atoms with van der Waals surface area (Å²) in [5, 5.41) is 0. The topological polar surface area (TPSA) is 43.4 Å². The molecule has 0 bridgehead atoms. The van der Waals surface area contributed by atoms with E-state index in [0.29, 0.717) is 30.5 Å². The number of carbonyl (C=O) groups excluding carboxylic acids is 2. The van der Waals surface area contributed by atoms with E-state index in [1.54, 1.807) is 0 Å². The highest BCUT2D eigenvalue weighted by Crippen LogP contribution is 2.37. The quantitative estimate of drug-likeness (QED) is 0.323. The molecule has 2 rings (SSSR count). The third kappa shape index (κ3) is 7.16. The molecule has 0 saturated heterocycles. The highest BCUT2D eigenvalue weighted by atomic mass is 16.5. The first-order valence-electron chi connectivity index (χ1n) is 10.1. The third-order valence-corrected chi connectivity index (χ3v) is 5.04. The van der Waals surface area contributed by atoms with Crippen LogP contribution in [0, 0.1) is 17.8 Å². The third-order valence-electron chi connectivity index (χ3n) is 5.04. The average Bonchev–Trinajstić information content (AvgIpc) is 2.89. The molecule has 0 heterocycles. The molecule has 1 saturated carbocycles. The van der Waals surface area contributed by atoms with Gasteiger partial charge in [-0.25, -0.2) is 0 Å². The van der Waals surface area contributed by atoms with Crippen LogP contribution < -0.4 is 0 Å². The molecule has 0 unspecified atom stereocenters. The molecule has 1 fully saturated rings. The van der Waals surface area contributed by atoms with Crippen LogP contribution in [-0.4, -0.2) is 17.9 Å². The molecule has 0 aromatic heterocycles. The Bertz CT molecular complexity index is 657. The number of hydrogen-bond donors (Lipinski definition) is 0. The number of allylic oxidation sites excluding steroid dienone is 3. The largest absolute Gasteiger partial charge is 0.463 e. The predicted octanol–water partition coefficient (Wildman–Crippen LogP) is 5.61. The molecular formula is C24H32O3. The molecule has 1 aliphatic carbocycles. The summed E-state index contributed by atoms with van der Waals surface area (Å²) in [6.45, 7) is 5.89. The molecule has 0 aliphatic heterocycles. The van der Waals surface area contributed by atoms with E-state index >= 15 is 0 Å². The number of Topliss-reactive ketones (excluding diaryl/α,β-unsaturated/α-hetero) is 1. The maximum Gasteiger partial charge on any atom is 0.306 e. The van der Waals surface area contributed by atoms with E-state index in [2.05, 4.69) is 43.4 Å². The standard InChI is InChI=1S/C24H32O3/c1-18(2)27-24(26)14-10-5-4-9-13-22-21(19(3)17-23(22)25)16-15-20-11-7-6-8-12-20/h4,6-9,11-12,15-16,18-19,21-22H,5,10,13-14,17H2,1-3H3/b9-4-,16-15+/t19-,21+,22-/m1/s1. The zero-order chi connectivity index (χ0) is 19.6. The Morgan fingerprint density at radius 1 is 1.22 bits per heavy atom. The summed E-state index contributed by atoms with van der Waals surface area (Å²) in [6, 6.07) is 10.2. The average molecular weight is 369 g/mol. The van der Waals surface area contributed by atoms with Gasteiger partial charge in [-0.1, -0.05) is 61.6 Å². The summed E-state index contributed by atoms with van der Waals surface area (Å²) in [7, 11) is 0. The number of benzene rings is 1. The summed E-state index contributed by atoms with van der Waals surface area (Å²) >= 11 is 0. The fourth-order valence-electron chi connectivity index (χ4n) is 3.66. The lowest BCUT2D eigenvalue weighted by Crippen LogP contribution is -2.14. The summed E-state index contributed by atoms with van der Waals surface area (Å²) in [4.78, 5) is 23.9. The second-order valence-electron chi connectivity index (χ2n) is 7.74. The molecule has 1 aromatic rings. The Hall–Kier alpha value is -2.16. The summed E-state index contributed by atoms with van der Waals surface area (Å²) in [5.41, 5.74) is 1.17. The Balaban J connectivity index is 1.81. The first-order chi connectivity index (χ1) is 13.0. The first kappa shape index (κ1) is 21.1. The SMILES string of the molecule is CC(C)OC(=O)CCC/C=C\C[C@H]1C(=O)C[C@@H](C)[C@@H]1/C=C/c1ccccc1. The highest BCUT2D eigenvalue weighted by Gasteiger charge is 2.37. The predicted molar refractivity (Wildman–Crippen MR) is 110 cm³/mol. The zero-order valence-electron chi connectivity index (χ0n) is 16.8. The Kier molecular flexibility index (Phi) is 8.50. The van der Waals surface area contributed by atoms with Crippen LogP contribution in [0.3, 0.4) is 0 Å². The second-order valence-corrected chi connectivity index (χ2v) is 7.74. The van der Waals surface area contributed by atoms with Crippen molar-refractivity contribution in [1.82, 2.24) is 0 Å². The molecule has 3 atom stereocenters. The molecule has 0 spiro atoms. The van der Waals surface area contributed by atoms with Gasteiger partial charge in [-0.05, 0) is 50.5 Å². The van der Waals surface area contributed by atoms with Gasteiger partial charge in [-0.2, -0.15) is 0 Å². The van der Waals surface area contributed by atoms with Crippen molar-refractivity contribution < 1.29 is 14.3 Å². The van der Waals surface area contributed by atoms with Gasteiger partial charge in [0.05, 0.1) is 6.10 Å². The molecule has 0 amide bonds. The van der Waals surface area contributed by atoms with Crippen LogP contribution in [0.15, 0.2) is 48.6 Å². The molecule has 1 aromatic carbocycles. The van der Waals surface area contributed by atoms with Crippen LogP contribution >= 0.6 is 0 Å². The molecule has 3 heteroatoms. The van der Waals surface area contributed by atoms with Crippen molar-refractivity contribution in [2.45, 2.75) is 59.0 Å². The molecule has 0 N–H and O–H groups in total. The second kappa shape index (κ2) is 10.9. The van der Waals surface area contributed by atoms with Crippen LogP contribution in [0.2, 0.25) is 0 Å². The van der Waals surface area contributed by atoms with Crippen molar-refractivity contribution in [2.75, 3.05) is 0 Å². The summed E-state index contributed by atoms with van der Waals surface area (Å²) in [5.74, 6) is 0.992.